The topological polar surface area (TPSA) is 108 Å². The fraction of sp³-hybridized carbons (Fsp3) is 0.0238. The monoisotopic (exact) mass is 1300 g/mol. The number of alkyl halides is 3. The van der Waals surface area contributed by atoms with E-state index in [0.29, 0.717) is 40.0 Å². The molecule has 0 amide bonds. The van der Waals surface area contributed by atoms with Crippen molar-refractivity contribution in [2.75, 3.05) is 0 Å². The molecule has 470 valence electrons. The summed E-state index contributed by atoms with van der Waals surface area (Å²) >= 11 is 6.00. The molecule has 18 aromatic rings. The highest BCUT2D eigenvalue weighted by atomic mass is 35.5. The molecule has 10 nitrogen and oxygen atoms in total. The molecule has 6 heterocycles. The van der Waals surface area contributed by atoms with Crippen molar-refractivity contribution < 1.29 is 13.2 Å². The fourth-order valence-corrected chi connectivity index (χ4v) is 13.0. The highest BCUT2D eigenvalue weighted by Crippen LogP contribution is 2.41. The first-order valence-electron chi connectivity index (χ1n) is 31.9. The first-order valence-corrected chi connectivity index (χ1v) is 32.3. The summed E-state index contributed by atoms with van der Waals surface area (Å²) in [5, 5.41) is 7.43. The lowest BCUT2D eigenvalue weighted by atomic mass is 10.1. The van der Waals surface area contributed by atoms with Crippen molar-refractivity contribution >= 4 is 77.0 Å². The molecule has 0 aliphatic heterocycles. The summed E-state index contributed by atoms with van der Waals surface area (Å²) in [6.07, 6.45) is -0.522. The van der Waals surface area contributed by atoms with E-state index in [-0.39, 0.29) is 5.69 Å². The average molecular weight is 1300 g/mol. The third-order valence-corrected chi connectivity index (χ3v) is 17.8. The van der Waals surface area contributed by atoms with Crippen LogP contribution in [0.1, 0.15) is 11.1 Å². The number of hydrogen-bond donors (Lipinski definition) is 1. The molecule has 0 atom stereocenters. The van der Waals surface area contributed by atoms with Crippen LogP contribution in [0.15, 0.2) is 316 Å². The zero-order valence-electron chi connectivity index (χ0n) is 52.6. The van der Waals surface area contributed by atoms with Gasteiger partial charge in [0.2, 0.25) is 0 Å². The number of aromatic nitrogens is 10. The second-order valence-electron chi connectivity index (χ2n) is 23.6. The molecule has 0 unspecified atom stereocenters. The van der Waals surface area contributed by atoms with Gasteiger partial charge in [0.15, 0.2) is 34.9 Å². The van der Waals surface area contributed by atoms with Gasteiger partial charge in [-0.15, -0.1) is 0 Å². The Labute approximate surface area is 565 Å². The molecule has 0 spiro atoms. The molecule has 0 saturated carbocycles. The number of halogens is 4. The summed E-state index contributed by atoms with van der Waals surface area (Å²) in [6, 6.07) is 99.4. The zero-order valence-corrected chi connectivity index (χ0v) is 53.3. The maximum Gasteiger partial charge on any atom is 0.418 e. The third kappa shape index (κ3) is 11.6. The van der Waals surface area contributed by atoms with E-state index < -0.39 is 11.7 Å². The van der Waals surface area contributed by atoms with Crippen LogP contribution in [0.2, 0.25) is 5.02 Å². The van der Waals surface area contributed by atoms with Crippen LogP contribution in [-0.2, 0) is 6.18 Å². The Morgan fingerprint density at radius 2 is 0.735 bits per heavy atom. The number of nitrogens with one attached hydrogen (secondary N) is 1. The van der Waals surface area contributed by atoms with Gasteiger partial charge < -0.3 is 18.7 Å². The van der Waals surface area contributed by atoms with Crippen LogP contribution >= 0.6 is 11.6 Å². The van der Waals surface area contributed by atoms with Crippen LogP contribution in [0.3, 0.4) is 0 Å². The Bertz CT molecular complexity index is 5820. The van der Waals surface area contributed by atoms with Crippen LogP contribution < -0.4 is 0 Å². The van der Waals surface area contributed by atoms with Gasteiger partial charge in [-0.05, 0) is 116 Å². The van der Waals surface area contributed by atoms with Gasteiger partial charge in [-0.25, -0.2) is 29.9 Å². The van der Waals surface area contributed by atoms with Crippen LogP contribution in [0.5, 0.6) is 0 Å². The molecule has 0 saturated heterocycles. The van der Waals surface area contributed by atoms with Crippen LogP contribution in [0.4, 0.5) is 13.2 Å². The van der Waals surface area contributed by atoms with Gasteiger partial charge in [-0.3, -0.25) is 0 Å². The van der Waals surface area contributed by atoms with Crippen molar-refractivity contribution in [3.05, 3.63) is 332 Å². The van der Waals surface area contributed by atoms with Gasteiger partial charge in [0.05, 0.1) is 38.8 Å². The van der Waals surface area contributed by atoms with Gasteiger partial charge in [-0.1, -0.05) is 212 Å². The van der Waals surface area contributed by atoms with E-state index in [9.17, 15) is 13.2 Å². The van der Waals surface area contributed by atoms with Gasteiger partial charge in [0.1, 0.15) is 0 Å². The van der Waals surface area contributed by atoms with Crippen molar-refractivity contribution in [3.8, 4) is 85.4 Å². The SMILES string of the molecule is Cc1ccccc1-n1ccc2c1ccc1c3ccccc3n(-c3ccc(-c4nc(-c5ccccc5)nc(-c5ccccc5)n4)cc3)c12.Clc1ccc(-c2nc(-c3ccccc3)nc(-c3ccccc3)n2)cc1.FC(F)(F)c1ccccc1-n1ccc2c3[nH]c4ccccc4c3ccc21. The van der Waals surface area contributed by atoms with Gasteiger partial charge >= 0.3 is 6.18 Å². The van der Waals surface area contributed by atoms with E-state index in [4.69, 9.17) is 26.6 Å². The van der Waals surface area contributed by atoms with E-state index in [2.05, 4.69) is 133 Å². The molecule has 0 aliphatic rings. The van der Waals surface area contributed by atoms with E-state index in [1.54, 1.807) is 16.8 Å². The largest absolute Gasteiger partial charge is 0.418 e. The van der Waals surface area contributed by atoms with Gasteiger partial charge in [0.25, 0.3) is 0 Å². The lowest BCUT2D eigenvalue weighted by Gasteiger charge is -2.14. The van der Waals surface area contributed by atoms with E-state index >= 15 is 0 Å². The summed E-state index contributed by atoms with van der Waals surface area (Å²) in [4.78, 5) is 32.1. The number of fused-ring (bicyclic) bond motifs is 10. The first-order chi connectivity index (χ1) is 48.1. The van der Waals surface area contributed by atoms with Crippen molar-refractivity contribution in [2.45, 2.75) is 13.1 Å². The Balaban J connectivity index is 0.000000125. The minimum atomic E-state index is -4.40. The van der Waals surface area contributed by atoms with Crippen molar-refractivity contribution in [1.82, 2.24) is 48.6 Å². The van der Waals surface area contributed by atoms with E-state index in [0.717, 1.165) is 77.8 Å². The smallest absolute Gasteiger partial charge is 0.354 e. The summed E-state index contributed by atoms with van der Waals surface area (Å²) in [6.45, 7) is 2.16. The van der Waals surface area contributed by atoms with Crippen molar-refractivity contribution in [3.63, 3.8) is 0 Å². The summed E-state index contributed by atoms with van der Waals surface area (Å²) in [7, 11) is 0. The molecule has 1 N–H and O–H groups in total. The minimum absolute atomic E-state index is 0.130. The number of aromatic amines is 1. The highest BCUT2D eigenvalue weighted by molar-refractivity contribution is 6.30. The predicted molar refractivity (Wildman–Crippen MR) is 391 cm³/mol. The van der Waals surface area contributed by atoms with Gasteiger partial charge in [-0.2, -0.15) is 13.2 Å². The first kappa shape index (κ1) is 60.4. The molecule has 0 aliphatic carbocycles. The number of para-hydroxylation sites is 4. The molecule has 18 rings (SSSR count). The number of rotatable bonds is 9. The minimum Gasteiger partial charge on any atom is -0.354 e. The fourth-order valence-electron chi connectivity index (χ4n) is 12.9. The molecule has 12 aromatic carbocycles. The second-order valence-corrected chi connectivity index (χ2v) is 24.1. The lowest BCUT2D eigenvalue weighted by Crippen LogP contribution is -2.10. The number of H-pyrrole nitrogens is 1. The van der Waals surface area contributed by atoms with Gasteiger partial charge in [0, 0.05) is 100 Å². The summed E-state index contributed by atoms with van der Waals surface area (Å²) in [5.41, 5.74) is 14.9. The van der Waals surface area contributed by atoms with Crippen LogP contribution in [0, 0.1) is 6.92 Å². The lowest BCUT2D eigenvalue weighted by molar-refractivity contribution is -0.137. The van der Waals surface area contributed by atoms with Crippen molar-refractivity contribution in [2.24, 2.45) is 0 Å². The number of hydrogen-bond acceptors (Lipinski definition) is 6. The Kier molecular flexibility index (Phi) is 15.8. The normalized spacial score (nSPS) is 11.5. The molecule has 98 heavy (non-hydrogen) atoms. The zero-order chi connectivity index (χ0) is 66.3. The molecule has 0 radical (unpaired) electrons. The standard InChI is InChI=1S/C42H29N5.C21H14ClN3.C21H13F3N2/c1-28-12-8-10-18-36(28)46-27-26-35-37(46)25-24-34-33-17-9-11-19-38(33)47(39(34)35)32-22-20-31(21-23-32)42-44-40(29-13-4-2-5-14-29)43-41(45-42)30-15-6-3-7-16-30;22-18-13-11-17(12-14-18)21-24-19(15-7-3-1-4-8-15)23-20(25-21)16-9-5-2-6-10-16;22-21(23,24)16-6-2-4-8-19(16)26-12-11-15-18(26)10-9-14-13-5-1-3-7-17(13)25-20(14)15/h2-27H,1H3;1-14H;1-12,25H. The Morgan fingerprint density at radius 1 is 0.327 bits per heavy atom. The maximum absolute atomic E-state index is 13.4. The Morgan fingerprint density at radius 3 is 1.27 bits per heavy atom. The molecule has 14 heteroatoms. The predicted octanol–water partition coefficient (Wildman–Crippen LogP) is 22.0. The summed E-state index contributed by atoms with van der Waals surface area (Å²) in [5.74, 6) is 3.88. The number of benzene rings is 12. The third-order valence-electron chi connectivity index (χ3n) is 17.6. The number of aryl methyl sites for hydroxylation is 1. The highest BCUT2D eigenvalue weighted by Gasteiger charge is 2.34. The van der Waals surface area contributed by atoms with Crippen LogP contribution in [0.25, 0.3) is 151 Å². The quantitative estimate of drug-likeness (QED) is 0.154. The second kappa shape index (κ2) is 25.6. The van der Waals surface area contributed by atoms with Crippen LogP contribution in [-0.4, -0.2) is 48.6 Å². The van der Waals surface area contributed by atoms with E-state index in [1.165, 1.54) is 56.1 Å². The Hall–Kier alpha value is -12.6. The molecule has 6 aromatic heterocycles. The average Bonchev–Trinajstić information content (AvgIpc) is 1.57. The molecular formula is C84H56ClF3N10. The molecule has 0 fully saturated rings. The maximum atomic E-state index is 13.4. The number of nitrogens with zero attached hydrogens (tertiary/aromatic N) is 9. The molecule has 0 bridgehead atoms. The summed E-state index contributed by atoms with van der Waals surface area (Å²) < 4.78 is 46.5. The van der Waals surface area contributed by atoms with Crippen molar-refractivity contribution in [1.29, 1.82) is 0 Å². The molecular weight excluding hydrogens is 1240 g/mol. The van der Waals surface area contributed by atoms with E-state index in [1.807, 2.05) is 188 Å².